The molecule has 0 radical (unpaired) electrons. The van der Waals surface area contributed by atoms with Crippen molar-refractivity contribution in [2.24, 2.45) is 0 Å². The average molecular weight is 385 g/mol. The zero-order valence-electron chi connectivity index (χ0n) is 15.0. The van der Waals surface area contributed by atoms with Crippen LogP contribution in [0.2, 0.25) is 0 Å². The van der Waals surface area contributed by atoms with Gasteiger partial charge in [-0.1, -0.05) is 12.1 Å². The Morgan fingerprint density at radius 1 is 1.18 bits per heavy atom. The number of aromatic nitrogens is 2. The number of hydrogen-bond donors (Lipinski definition) is 5. The molecule has 8 heteroatoms. The highest BCUT2D eigenvalue weighted by atomic mass is 19.1. The van der Waals surface area contributed by atoms with Gasteiger partial charge in [0.2, 0.25) is 0 Å². The van der Waals surface area contributed by atoms with Gasteiger partial charge in [0, 0.05) is 17.7 Å². The van der Waals surface area contributed by atoms with Crippen LogP contribution in [0.3, 0.4) is 0 Å². The molecule has 0 aliphatic heterocycles. The Morgan fingerprint density at radius 2 is 1.93 bits per heavy atom. The second-order valence-corrected chi connectivity index (χ2v) is 6.93. The molecule has 0 unspecified atom stereocenters. The maximum absolute atomic E-state index is 15.1. The molecule has 0 bridgehead atoms. The third-order valence-electron chi connectivity index (χ3n) is 4.83. The Kier molecular flexibility index (Phi) is 4.87. The van der Waals surface area contributed by atoms with Gasteiger partial charge >= 0.3 is 0 Å². The van der Waals surface area contributed by atoms with Crippen LogP contribution in [0.25, 0.3) is 0 Å². The maximum atomic E-state index is 15.1. The molecule has 146 valence electrons. The Morgan fingerprint density at radius 3 is 2.61 bits per heavy atom. The van der Waals surface area contributed by atoms with Gasteiger partial charge in [-0.25, -0.2) is 8.78 Å². The Hall–Kier alpha value is -3.13. The normalized spacial score (nSPS) is 14.7. The van der Waals surface area contributed by atoms with Crippen LogP contribution in [0.15, 0.2) is 42.5 Å². The van der Waals surface area contributed by atoms with Crippen LogP contribution in [0.5, 0.6) is 0 Å². The van der Waals surface area contributed by atoms with E-state index in [1.54, 1.807) is 18.2 Å². The summed E-state index contributed by atoms with van der Waals surface area (Å²) in [5.41, 5.74) is 8.11. The first-order valence-electron chi connectivity index (χ1n) is 9.08. The van der Waals surface area contributed by atoms with Gasteiger partial charge in [0.25, 0.3) is 0 Å². The topological polar surface area (TPSA) is 99.0 Å². The molecule has 1 atom stereocenters. The van der Waals surface area contributed by atoms with Gasteiger partial charge in [-0.2, -0.15) is 5.10 Å². The molecule has 1 saturated carbocycles. The summed E-state index contributed by atoms with van der Waals surface area (Å²) in [5.74, 6) is 0.0212. The van der Waals surface area contributed by atoms with Crippen LogP contribution in [0, 0.1) is 11.6 Å². The number of rotatable bonds is 7. The molecule has 6 N–H and O–H groups in total. The van der Waals surface area contributed by atoms with Crippen molar-refractivity contribution in [1.82, 2.24) is 10.2 Å². The smallest absolute Gasteiger partial charge is 0.171 e. The SMILES string of the molecule is Nc1ccc(N[C@@H](CO)c2ccc(F)cc2)c(F)c1Nc1cc(C2CC2)[nH]n1. The Balaban J connectivity index is 1.57. The lowest BCUT2D eigenvalue weighted by Crippen LogP contribution is -2.16. The van der Waals surface area contributed by atoms with Gasteiger partial charge in [0.05, 0.1) is 24.0 Å². The summed E-state index contributed by atoms with van der Waals surface area (Å²) >= 11 is 0. The lowest BCUT2D eigenvalue weighted by atomic mass is 10.1. The van der Waals surface area contributed by atoms with E-state index in [9.17, 15) is 9.50 Å². The van der Waals surface area contributed by atoms with Crippen LogP contribution < -0.4 is 16.4 Å². The number of benzene rings is 2. The quantitative estimate of drug-likeness (QED) is 0.396. The Labute approximate surface area is 160 Å². The standard InChI is InChI=1S/C20H21F2N5O/c21-13-5-3-12(4-6-13)17(10-28)24-15-8-7-14(23)20(19(15)22)25-18-9-16(26-27-18)11-1-2-11/h3-9,11,17,24,28H,1-2,10,23H2,(H2,25,26,27)/t17-/m0/s1. The molecule has 2 aromatic carbocycles. The molecule has 1 heterocycles. The summed E-state index contributed by atoms with van der Waals surface area (Å²) in [6, 6.07) is 10.00. The minimum Gasteiger partial charge on any atom is -0.397 e. The zero-order chi connectivity index (χ0) is 19.7. The minimum atomic E-state index is -0.599. The molecule has 1 aromatic heterocycles. The van der Waals surface area contributed by atoms with Crippen molar-refractivity contribution >= 4 is 22.9 Å². The number of nitrogen functional groups attached to an aromatic ring is 1. The van der Waals surface area contributed by atoms with Gasteiger partial charge in [-0.3, -0.25) is 5.10 Å². The number of aliphatic hydroxyl groups excluding tert-OH is 1. The lowest BCUT2D eigenvalue weighted by molar-refractivity contribution is 0.276. The first-order chi connectivity index (χ1) is 13.5. The fourth-order valence-electron chi connectivity index (χ4n) is 3.08. The van der Waals surface area contributed by atoms with Gasteiger partial charge in [-0.15, -0.1) is 0 Å². The second-order valence-electron chi connectivity index (χ2n) is 6.93. The number of halogens is 2. The number of nitrogens with one attached hydrogen (secondary N) is 3. The van der Waals surface area contributed by atoms with E-state index in [-0.39, 0.29) is 29.5 Å². The molecule has 1 fully saturated rings. The Bertz CT molecular complexity index is 969. The number of nitrogens with zero attached hydrogens (tertiary/aromatic N) is 1. The third-order valence-corrected chi connectivity index (χ3v) is 4.83. The minimum absolute atomic E-state index is 0.106. The molecule has 1 aliphatic carbocycles. The molecule has 1 aliphatic rings. The first-order valence-corrected chi connectivity index (χ1v) is 9.08. The van der Waals surface area contributed by atoms with E-state index < -0.39 is 11.9 Å². The van der Waals surface area contributed by atoms with E-state index in [2.05, 4.69) is 20.8 Å². The molecular formula is C20H21F2N5O. The molecule has 4 rings (SSSR count). The largest absolute Gasteiger partial charge is 0.397 e. The van der Waals surface area contributed by atoms with E-state index in [1.165, 1.54) is 18.2 Å². The molecular weight excluding hydrogens is 364 g/mol. The summed E-state index contributed by atoms with van der Waals surface area (Å²) in [5, 5.41) is 22.7. The van der Waals surface area contributed by atoms with E-state index in [1.807, 2.05) is 6.07 Å². The van der Waals surface area contributed by atoms with Crippen LogP contribution >= 0.6 is 0 Å². The highest BCUT2D eigenvalue weighted by molar-refractivity contribution is 5.77. The van der Waals surface area contributed by atoms with Crippen molar-refractivity contribution in [3.8, 4) is 0 Å². The highest BCUT2D eigenvalue weighted by Gasteiger charge is 2.26. The van der Waals surface area contributed by atoms with Crippen molar-refractivity contribution in [3.05, 3.63) is 65.4 Å². The highest BCUT2D eigenvalue weighted by Crippen LogP contribution is 2.40. The van der Waals surface area contributed by atoms with Gasteiger partial charge in [-0.05, 0) is 42.7 Å². The summed E-state index contributed by atoms with van der Waals surface area (Å²) in [4.78, 5) is 0. The van der Waals surface area contributed by atoms with Crippen LogP contribution in [-0.4, -0.2) is 21.9 Å². The molecule has 0 amide bonds. The molecule has 0 spiro atoms. The van der Waals surface area contributed by atoms with Crippen molar-refractivity contribution in [2.75, 3.05) is 23.0 Å². The maximum Gasteiger partial charge on any atom is 0.171 e. The van der Waals surface area contributed by atoms with Crippen LogP contribution in [0.4, 0.5) is 31.7 Å². The number of H-pyrrole nitrogens is 1. The fourth-order valence-corrected chi connectivity index (χ4v) is 3.08. The van der Waals surface area contributed by atoms with Crippen molar-refractivity contribution in [2.45, 2.75) is 24.8 Å². The number of hydrogen-bond acceptors (Lipinski definition) is 5. The van der Waals surface area contributed by atoms with Crippen LogP contribution in [0.1, 0.15) is 36.1 Å². The zero-order valence-corrected chi connectivity index (χ0v) is 15.0. The first kappa shape index (κ1) is 18.2. The molecule has 3 aromatic rings. The van der Waals surface area contributed by atoms with Gasteiger partial charge in [0.15, 0.2) is 11.6 Å². The number of aliphatic hydroxyl groups is 1. The van der Waals surface area contributed by atoms with E-state index in [0.717, 1.165) is 18.5 Å². The van der Waals surface area contributed by atoms with E-state index >= 15 is 4.39 Å². The van der Waals surface area contributed by atoms with Gasteiger partial charge in [0.1, 0.15) is 11.5 Å². The van der Waals surface area contributed by atoms with Crippen molar-refractivity contribution in [1.29, 1.82) is 0 Å². The predicted molar refractivity (Wildman–Crippen MR) is 105 cm³/mol. The predicted octanol–water partition coefficient (Wildman–Crippen LogP) is 4.04. The average Bonchev–Trinajstić information content (AvgIpc) is 3.44. The summed E-state index contributed by atoms with van der Waals surface area (Å²) in [6.07, 6.45) is 2.26. The number of anilines is 4. The second kappa shape index (κ2) is 7.47. The number of nitrogens with two attached hydrogens (primary N) is 1. The monoisotopic (exact) mass is 385 g/mol. The van der Waals surface area contributed by atoms with Crippen molar-refractivity contribution < 1.29 is 13.9 Å². The van der Waals surface area contributed by atoms with E-state index in [4.69, 9.17) is 5.73 Å². The molecule has 6 nitrogen and oxygen atoms in total. The number of aromatic amines is 1. The molecule has 28 heavy (non-hydrogen) atoms. The van der Waals surface area contributed by atoms with Crippen LogP contribution in [-0.2, 0) is 0 Å². The fraction of sp³-hybridized carbons (Fsp3) is 0.250. The summed E-state index contributed by atoms with van der Waals surface area (Å²) in [7, 11) is 0. The summed E-state index contributed by atoms with van der Waals surface area (Å²) in [6.45, 7) is -0.289. The lowest BCUT2D eigenvalue weighted by Gasteiger charge is -2.20. The molecule has 0 saturated heterocycles. The van der Waals surface area contributed by atoms with E-state index in [0.29, 0.717) is 17.3 Å². The third kappa shape index (κ3) is 3.77. The van der Waals surface area contributed by atoms with Gasteiger partial charge < -0.3 is 21.5 Å². The van der Waals surface area contributed by atoms with Crippen molar-refractivity contribution in [3.63, 3.8) is 0 Å². The summed E-state index contributed by atoms with van der Waals surface area (Å²) < 4.78 is 28.2.